The zero-order valence-electron chi connectivity index (χ0n) is 18.4. The summed E-state index contributed by atoms with van der Waals surface area (Å²) in [7, 11) is 1.61. The second kappa shape index (κ2) is 10.8. The maximum Gasteiger partial charge on any atom is 0.231 e. The van der Waals surface area contributed by atoms with E-state index in [0.29, 0.717) is 27.9 Å². The molecule has 4 rings (SSSR count). The highest BCUT2D eigenvalue weighted by atomic mass is 35.5. The van der Waals surface area contributed by atoms with Crippen LogP contribution in [0.1, 0.15) is 23.2 Å². The number of methoxy groups -OCH3 is 1. The molecule has 2 heterocycles. The summed E-state index contributed by atoms with van der Waals surface area (Å²) in [5.41, 5.74) is 1.94. The number of hydrogen-bond donors (Lipinski definition) is 1. The third-order valence-electron chi connectivity index (χ3n) is 5.01. The van der Waals surface area contributed by atoms with Crippen LogP contribution in [0.4, 0.5) is 0 Å². The first kappa shape index (κ1) is 23.2. The number of nitrogens with one attached hydrogen (secondary N) is 1. The van der Waals surface area contributed by atoms with E-state index in [1.807, 2.05) is 24.3 Å². The quantitative estimate of drug-likeness (QED) is 0.273. The van der Waals surface area contributed by atoms with Crippen molar-refractivity contribution in [1.82, 2.24) is 25.1 Å². The van der Waals surface area contributed by atoms with Gasteiger partial charge >= 0.3 is 0 Å². The average Bonchev–Trinajstić information content (AvgIpc) is 3.29. The number of ketones is 1. The van der Waals surface area contributed by atoms with E-state index in [0.717, 1.165) is 11.3 Å². The number of benzene rings is 2. The third-order valence-corrected chi connectivity index (χ3v) is 5.26. The van der Waals surface area contributed by atoms with Gasteiger partial charge in [-0.3, -0.25) is 9.59 Å². The Morgan fingerprint density at radius 2 is 1.74 bits per heavy atom. The van der Waals surface area contributed by atoms with Crippen LogP contribution in [0.5, 0.6) is 11.6 Å². The molecule has 0 saturated heterocycles. The van der Waals surface area contributed by atoms with Gasteiger partial charge in [0.1, 0.15) is 12.4 Å². The minimum Gasteiger partial charge on any atom is -0.497 e. The van der Waals surface area contributed by atoms with Crippen molar-refractivity contribution in [2.24, 2.45) is 0 Å². The van der Waals surface area contributed by atoms with Gasteiger partial charge in [-0.1, -0.05) is 11.6 Å². The molecule has 0 bridgehead atoms. The average molecular weight is 480 g/mol. The zero-order chi connectivity index (χ0) is 23.9. The second-order valence-electron chi connectivity index (χ2n) is 7.32. The molecule has 174 valence electrons. The maximum atomic E-state index is 12.1. The number of amides is 1. The molecule has 0 aliphatic rings. The highest BCUT2D eigenvalue weighted by Gasteiger charge is 2.12. The molecular formula is C24H22ClN5O4. The van der Waals surface area contributed by atoms with Gasteiger partial charge in [0.2, 0.25) is 11.8 Å². The maximum absolute atomic E-state index is 12.1. The van der Waals surface area contributed by atoms with E-state index in [4.69, 9.17) is 21.1 Å². The van der Waals surface area contributed by atoms with E-state index < -0.39 is 0 Å². The molecule has 9 nitrogen and oxygen atoms in total. The van der Waals surface area contributed by atoms with Gasteiger partial charge in [0, 0.05) is 35.1 Å². The molecule has 0 unspecified atom stereocenters. The number of Topliss-reactive ketones (excluding diaryl/α,β-unsaturated/α-hetero) is 1. The van der Waals surface area contributed by atoms with Gasteiger partial charge in [0.05, 0.1) is 13.7 Å². The molecule has 2 aromatic heterocycles. The van der Waals surface area contributed by atoms with Crippen molar-refractivity contribution >= 4 is 28.9 Å². The Morgan fingerprint density at radius 1 is 0.971 bits per heavy atom. The number of carbonyl (C=O) groups excluding carboxylic acids is 2. The lowest BCUT2D eigenvalue weighted by Crippen LogP contribution is -2.28. The Labute approximate surface area is 200 Å². The van der Waals surface area contributed by atoms with Crippen LogP contribution < -0.4 is 14.8 Å². The predicted octanol–water partition coefficient (Wildman–Crippen LogP) is 3.61. The van der Waals surface area contributed by atoms with E-state index in [1.165, 1.54) is 0 Å². The van der Waals surface area contributed by atoms with E-state index in [9.17, 15) is 9.59 Å². The molecule has 4 aromatic rings. The van der Waals surface area contributed by atoms with Gasteiger partial charge < -0.3 is 14.8 Å². The van der Waals surface area contributed by atoms with Gasteiger partial charge in [-0.05, 0) is 54.6 Å². The first-order chi connectivity index (χ1) is 16.5. The van der Waals surface area contributed by atoms with Crippen molar-refractivity contribution in [2.45, 2.75) is 12.8 Å². The molecule has 0 aliphatic heterocycles. The van der Waals surface area contributed by atoms with E-state index in [-0.39, 0.29) is 37.7 Å². The largest absolute Gasteiger partial charge is 0.497 e. The standard InChI is InChI=1S/C24H22ClN5O4/c1-33-19-8-4-17(5-9-19)24-28-27-21-11-13-23(29-30(21)24)34-15-14-26-22(32)12-10-20(31)16-2-6-18(25)7-3-16/h2-9,11,13H,10,12,14-15H2,1H3,(H,26,32). The lowest BCUT2D eigenvalue weighted by Gasteiger charge is -2.08. The summed E-state index contributed by atoms with van der Waals surface area (Å²) < 4.78 is 12.4. The van der Waals surface area contributed by atoms with Crippen molar-refractivity contribution in [1.29, 1.82) is 0 Å². The lowest BCUT2D eigenvalue weighted by molar-refractivity contribution is -0.121. The van der Waals surface area contributed by atoms with Crippen molar-refractivity contribution in [3.05, 3.63) is 71.2 Å². The third kappa shape index (κ3) is 5.68. The Kier molecular flexibility index (Phi) is 7.34. The minimum atomic E-state index is -0.227. The molecule has 1 amide bonds. The monoisotopic (exact) mass is 479 g/mol. The van der Waals surface area contributed by atoms with Crippen LogP contribution in [0.3, 0.4) is 0 Å². The van der Waals surface area contributed by atoms with Gasteiger partial charge in [-0.25, -0.2) is 0 Å². The summed E-state index contributed by atoms with van der Waals surface area (Å²) in [6.45, 7) is 0.497. The Balaban J connectivity index is 1.27. The summed E-state index contributed by atoms with van der Waals surface area (Å²) in [4.78, 5) is 24.2. The highest BCUT2D eigenvalue weighted by molar-refractivity contribution is 6.30. The normalized spacial score (nSPS) is 10.8. The smallest absolute Gasteiger partial charge is 0.231 e. The number of ether oxygens (including phenoxy) is 2. The predicted molar refractivity (Wildman–Crippen MR) is 126 cm³/mol. The summed E-state index contributed by atoms with van der Waals surface area (Å²) in [6.07, 6.45) is 0.214. The number of halogens is 1. The molecular weight excluding hydrogens is 458 g/mol. The number of rotatable bonds is 10. The summed E-state index contributed by atoms with van der Waals surface area (Å²) in [5, 5.41) is 16.1. The van der Waals surface area contributed by atoms with Gasteiger partial charge in [-0.15, -0.1) is 15.3 Å². The van der Waals surface area contributed by atoms with Crippen LogP contribution in [0.25, 0.3) is 17.0 Å². The zero-order valence-corrected chi connectivity index (χ0v) is 19.2. The van der Waals surface area contributed by atoms with Crippen molar-refractivity contribution in [2.75, 3.05) is 20.3 Å². The Hall–Kier alpha value is -3.98. The van der Waals surface area contributed by atoms with Crippen molar-refractivity contribution in [3.8, 4) is 23.0 Å². The van der Waals surface area contributed by atoms with E-state index in [1.54, 1.807) is 48.0 Å². The topological polar surface area (TPSA) is 108 Å². The molecule has 34 heavy (non-hydrogen) atoms. The summed E-state index contributed by atoms with van der Waals surface area (Å²) in [5.74, 6) is 1.35. The van der Waals surface area contributed by atoms with Crippen LogP contribution in [0.15, 0.2) is 60.7 Å². The fourth-order valence-corrected chi connectivity index (χ4v) is 3.34. The van der Waals surface area contributed by atoms with Crippen molar-refractivity contribution in [3.63, 3.8) is 0 Å². The van der Waals surface area contributed by atoms with Gasteiger partial charge in [-0.2, -0.15) is 4.52 Å². The molecule has 0 fully saturated rings. The number of hydrogen-bond acceptors (Lipinski definition) is 7. The minimum absolute atomic E-state index is 0.0948. The molecule has 1 N–H and O–H groups in total. The van der Waals surface area contributed by atoms with Crippen LogP contribution in [0.2, 0.25) is 5.02 Å². The SMILES string of the molecule is COc1ccc(-c2nnc3ccc(OCCNC(=O)CCC(=O)c4ccc(Cl)cc4)nn23)cc1. The highest BCUT2D eigenvalue weighted by Crippen LogP contribution is 2.21. The van der Waals surface area contributed by atoms with Gasteiger partial charge in [0.25, 0.3) is 0 Å². The fourth-order valence-electron chi connectivity index (χ4n) is 3.21. The first-order valence-corrected chi connectivity index (χ1v) is 11.0. The van der Waals surface area contributed by atoms with E-state index in [2.05, 4.69) is 20.6 Å². The molecule has 0 saturated carbocycles. The van der Waals surface area contributed by atoms with Crippen LogP contribution in [0, 0.1) is 0 Å². The summed E-state index contributed by atoms with van der Waals surface area (Å²) in [6, 6.07) is 17.5. The second-order valence-corrected chi connectivity index (χ2v) is 7.76. The number of nitrogens with zero attached hydrogens (tertiary/aromatic N) is 4. The summed E-state index contributed by atoms with van der Waals surface area (Å²) >= 11 is 5.82. The Bertz CT molecular complexity index is 1290. The molecule has 0 aliphatic carbocycles. The van der Waals surface area contributed by atoms with Crippen LogP contribution >= 0.6 is 11.6 Å². The molecule has 0 atom stereocenters. The van der Waals surface area contributed by atoms with E-state index >= 15 is 0 Å². The lowest BCUT2D eigenvalue weighted by atomic mass is 10.1. The van der Waals surface area contributed by atoms with Crippen LogP contribution in [-0.4, -0.2) is 51.8 Å². The molecule has 0 spiro atoms. The molecule has 2 aromatic carbocycles. The van der Waals surface area contributed by atoms with Gasteiger partial charge in [0.15, 0.2) is 17.3 Å². The Morgan fingerprint density at radius 3 is 2.47 bits per heavy atom. The fraction of sp³-hybridized carbons (Fsp3) is 0.208. The number of aromatic nitrogens is 4. The first-order valence-electron chi connectivity index (χ1n) is 10.6. The molecule has 0 radical (unpaired) electrons. The number of fused-ring (bicyclic) bond motifs is 1. The molecule has 10 heteroatoms. The number of carbonyl (C=O) groups is 2. The van der Waals surface area contributed by atoms with Crippen LogP contribution in [-0.2, 0) is 4.79 Å². The van der Waals surface area contributed by atoms with Crippen molar-refractivity contribution < 1.29 is 19.1 Å².